The predicted molar refractivity (Wildman–Crippen MR) is 136 cm³/mol. The Kier molecular flexibility index (Phi) is 6.23. The Morgan fingerprint density at radius 2 is 1.69 bits per heavy atom. The summed E-state index contributed by atoms with van der Waals surface area (Å²) in [5.74, 6) is 0.545. The van der Waals surface area contributed by atoms with Gasteiger partial charge in [-0.25, -0.2) is 9.97 Å². The van der Waals surface area contributed by atoms with Gasteiger partial charge in [0.25, 0.3) is 0 Å². The summed E-state index contributed by atoms with van der Waals surface area (Å²) in [6, 6.07) is 15.3. The maximum Gasteiger partial charge on any atom is 0.144 e. The number of hydrogen-bond donors (Lipinski definition) is 4. The molecular weight excluding hydrogens is 464 g/mol. The molecule has 2 aromatic heterocycles. The second kappa shape index (κ2) is 9.47. The molecule has 0 amide bonds. The molecule has 5 N–H and O–H groups in total. The van der Waals surface area contributed by atoms with Gasteiger partial charge in [-0.2, -0.15) is 0 Å². The molecule has 0 aliphatic rings. The number of nitrogens with zero attached hydrogens (tertiary/aromatic N) is 3. The molecule has 0 aliphatic carbocycles. The largest absolute Gasteiger partial charge is 0.495 e. The number of aromatic nitrogens is 3. The monoisotopic (exact) mass is 488 g/mol. The lowest BCUT2D eigenvalue weighted by molar-refractivity contribution is 0.254. The summed E-state index contributed by atoms with van der Waals surface area (Å²) in [6.07, 6.45) is 3.52. The van der Waals surface area contributed by atoms with Crippen LogP contribution in [-0.4, -0.2) is 37.0 Å². The van der Waals surface area contributed by atoms with E-state index in [0.29, 0.717) is 33.6 Å². The second-order valence-electron chi connectivity index (χ2n) is 8.00. The molecule has 5 aromatic rings. The van der Waals surface area contributed by atoms with Gasteiger partial charge in [-0.1, -0.05) is 12.1 Å². The minimum atomic E-state index is -0.224. The first-order valence-electron chi connectivity index (χ1n) is 10.9. The van der Waals surface area contributed by atoms with Crippen molar-refractivity contribution in [2.24, 2.45) is 0 Å². The molecule has 0 bridgehead atoms. The Hall–Kier alpha value is -3.76. The van der Waals surface area contributed by atoms with Gasteiger partial charge >= 0.3 is 0 Å². The number of imidazole rings is 1. The van der Waals surface area contributed by atoms with Gasteiger partial charge in [0.2, 0.25) is 0 Å². The number of thiazole rings is 1. The van der Waals surface area contributed by atoms with Crippen molar-refractivity contribution >= 4 is 27.2 Å². The molecule has 0 fully saturated rings. The molecule has 0 saturated carbocycles. The maximum absolute atomic E-state index is 9.78. The van der Waals surface area contributed by atoms with Gasteiger partial charge in [-0.3, -0.25) is 4.57 Å². The van der Waals surface area contributed by atoms with Crippen LogP contribution < -0.4 is 10.5 Å². The summed E-state index contributed by atoms with van der Waals surface area (Å²) >= 11 is 1.48. The number of aliphatic hydroxyl groups excluding tert-OH is 3. The number of methoxy groups -OCH3 is 1. The van der Waals surface area contributed by atoms with Gasteiger partial charge in [0.1, 0.15) is 10.8 Å². The zero-order valence-corrected chi connectivity index (χ0v) is 19.8. The maximum atomic E-state index is 9.78. The highest BCUT2D eigenvalue weighted by Gasteiger charge is 2.18. The SMILES string of the molecule is COc1c(CO)c(CO)cc2nc(-c3ccc(-n4cncc4-c4ccc(CO)c(N)c4)cc3)sc12. The number of nitrogens with two attached hydrogens (primary N) is 1. The van der Waals surface area contributed by atoms with Crippen LogP contribution in [0.2, 0.25) is 0 Å². The van der Waals surface area contributed by atoms with Crippen molar-refractivity contribution in [3.63, 3.8) is 0 Å². The third-order valence-corrected chi connectivity index (χ3v) is 7.13. The number of fused-ring (bicyclic) bond motifs is 1. The minimum Gasteiger partial charge on any atom is -0.495 e. The molecule has 0 radical (unpaired) electrons. The van der Waals surface area contributed by atoms with E-state index < -0.39 is 0 Å². The molecule has 5 rings (SSSR count). The smallest absolute Gasteiger partial charge is 0.144 e. The molecule has 8 nitrogen and oxygen atoms in total. The fourth-order valence-electron chi connectivity index (χ4n) is 4.16. The number of nitrogen functional groups attached to an aromatic ring is 1. The first-order chi connectivity index (χ1) is 17.1. The molecular formula is C26H24N4O4S. The van der Waals surface area contributed by atoms with E-state index in [1.807, 2.05) is 47.0 Å². The van der Waals surface area contributed by atoms with E-state index in [4.69, 9.17) is 15.5 Å². The summed E-state index contributed by atoms with van der Waals surface area (Å²) in [7, 11) is 1.55. The summed E-state index contributed by atoms with van der Waals surface area (Å²) in [4.78, 5) is 9.07. The van der Waals surface area contributed by atoms with E-state index in [2.05, 4.69) is 4.98 Å². The second-order valence-corrected chi connectivity index (χ2v) is 9.00. The van der Waals surface area contributed by atoms with Gasteiger partial charge in [-0.15, -0.1) is 11.3 Å². The van der Waals surface area contributed by atoms with Crippen LogP contribution in [0, 0.1) is 0 Å². The number of aliphatic hydroxyl groups is 3. The third kappa shape index (κ3) is 4.04. The first kappa shape index (κ1) is 23.0. The number of ether oxygens (including phenoxy) is 1. The van der Waals surface area contributed by atoms with Crippen molar-refractivity contribution in [1.82, 2.24) is 14.5 Å². The minimum absolute atomic E-state index is 0.104. The average molecular weight is 489 g/mol. The van der Waals surface area contributed by atoms with Crippen molar-refractivity contribution in [3.05, 3.63) is 77.7 Å². The standard InChI is InChI=1S/C26H24N4O4S/c1-34-24-20(13-33)18(12-32)9-22-25(24)35-26(29-22)15-4-6-19(7-5-15)30-14-28-10-23(30)16-2-3-17(11-31)21(27)8-16/h2-10,14,31-33H,11-13,27H2,1H3. The van der Waals surface area contributed by atoms with E-state index >= 15 is 0 Å². The molecule has 35 heavy (non-hydrogen) atoms. The van der Waals surface area contributed by atoms with Crippen molar-refractivity contribution in [1.29, 1.82) is 0 Å². The Morgan fingerprint density at radius 3 is 2.34 bits per heavy atom. The van der Waals surface area contributed by atoms with Gasteiger partial charge in [0.15, 0.2) is 0 Å². The molecule has 2 heterocycles. The van der Waals surface area contributed by atoms with E-state index in [1.54, 1.807) is 25.7 Å². The Balaban J connectivity index is 1.51. The number of rotatable bonds is 7. The third-order valence-electron chi connectivity index (χ3n) is 6.01. The summed E-state index contributed by atoms with van der Waals surface area (Å²) in [5, 5.41) is 29.7. The van der Waals surface area contributed by atoms with Gasteiger partial charge < -0.3 is 25.8 Å². The van der Waals surface area contributed by atoms with Gasteiger partial charge in [-0.05, 0) is 42.0 Å². The van der Waals surface area contributed by atoms with Crippen LogP contribution in [0.3, 0.4) is 0 Å². The van der Waals surface area contributed by atoms with Crippen molar-refractivity contribution in [2.75, 3.05) is 12.8 Å². The van der Waals surface area contributed by atoms with E-state index in [0.717, 1.165) is 32.2 Å². The lowest BCUT2D eigenvalue weighted by atomic mass is 10.1. The molecule has 9 heteroatoms. The number of anilines is 1. The number of hydrogen-bond acceptors (Lipinski definition) is 8. The van der Waals surface area contributed by atoms with Gasteiger partial charge in [0, 0.05) is 33.6 Å². The molecule has 0 spiro atoms. The summed E-state index contributed by atoms with van der Waals surface area (Å²) < 4.78 is 8.35. The zero-order valence-electron chi connectivity index (χ0n) is 19.0. The highest BCUT2D eigenvalue weighted by Crippen LogP contribution is 2.40. The average Bonchev–Trinajstić information content (AvgIpc) is 3.55. The topological polar surface area (TPSA) is 127 Å². The van der Waals surface area contributed by atoms with E-state index in [1.165, 1.54) is 11.3 Å². The molecule has 0 aliphatic heterocycles. The zero-order chi connectivity index (χ0) is 24.5. The lowest BCUT2D eigenvalue weighted by Gasteiger charge is -2.11. The summed E-state index contributed by atoms with van der Waals surface area (Å²) in [6.45, 7) is -0.531. The lowest BCUT2D eigenvalue weighted by Crippen LogP contribution is -1.99. The van der Waals surface area contributed by atoms with Crippen molar-refractivity contribution in [2.45, 2.75) is 19.8 Å². The first-order valence-corrected chi connectivity index (χ1v) is 11.7. The predicted octanol–water partition coefficient (Wildman–Crippen LogP) is 3.88. The Labute approximate surface area is 205 Å². The van der Waals surface area contributed by atoms with Crippen molar-refractivity contribution < 1.29 is 20.1 Å². The molecule has 0 unspecified atom stereocenters. The fraction of sp³-hybridized carbons (Fsp3) is 0.154. The molecule has 3 aromatic carbocycles. The van der Waals surface area contributed by atoms with Crippen LogP contribution in [0.1, 0.15) is 16.7 Å². The molecule has 178 valence electrons. The fourth-order valence-corrected chi connectivity index (χ4v) is 5.26. The van der Waals surface area contributed by atoms with Crippen LogP contribution in [-0.2, 0) is 19.8 Å². The van der Waals surface area contributed by atoms with E-state index in [-0.39, 0.29) is 19.8 Å². The Morgan fingerprint density at radius 1 is 0.943 bits per heavy atom. The van der Waals surface area contributed by atoms with Crippen LogP contribution in [0.5, 0.6) is 5.75 Å². The molecule has 0 saturated heterocycles. The van der Waals surface area contributed by atoms with Crippen LogP contribution >= 0.6 is 11.3 Å². The number of benzene rings is 3. The highest BCUT2D eigenvalue weighted by atomic mass is 32.1. The van der Waals surface area contributed by atoms with E-state index in [9.17, 15) is 15.3 Å². The van der Waals surface area contributed by atoms with Crippen molar-refractivity contribution in [3.8, 4) is 33.3 Å². The van der Waals surface area contributed by atoms with Crippen LogP contribution in [0.15, 0.2) is 61.1 Å². The summed E-state index contributed by atoms with van der Waals surface area (Å²) in [5.41, 5.74) is 12.8. The van der Waals surface area contributed by atoms with Crippen LogP contribution in [0.25, 0.3) is 37.7 Å². The van der Waals surface area contributed by atoms with Crippen LogP contribution in [0.4, 0.5) is 5.69 Å². The van der Waals surface area contributed by atoms with Gasteiger partial charge in [0.05, 0.1) is 55.4 Å². The molecule has 0 atom stereocenters. The quantitative estimate of drug-likeness (QED) is 0.256. The Bertz CT molecular complexity index is 1510. The highest BCUT2D eigenvalue weighted by molar-refractivity contribution is 7.22. The normalized spacial score (nSPS) is 11.3.